The highest BCUT2D eigenvalue weighted by Crippen LogP contribution is 2.39. The van der Waals surface area contributed by atoms with Crippen LogP contribution in [0.25, 0.3) is 0 Å². The number of amides is 1. The first kappa shape index (κ1) is 14.6. The van der Waals surface area contributed by atoms with E-state index in [9.17, 15) is 4.79 Å². The number of hydrogen-bond acceptors (Lipinski definition) is 2. The van der Waals surface area contributed by atoms with Crippen LogP contribution in [0.1, 0.15) is 52.7 Å². The Labute approximate surface area is 109 Å². The van der Waals surface area contributed by atoms with Crippen molar-refractivity contribution in [2.24, 2.45) is 5.73 Å². The molecule has 0 aliphatic rings. The molecule has 0 atom stereocenters. The minimum atomic E-state index is -0.766. The Balaban J connectivity index is 3.50. The van der Waals surface area contributed by atoms with E-state index in [0.29, 0.717) is 5.75 Å². The molecule has 0 bridgehead atoms. The summed E-state index contributed by atoms with van der Waals surface area (Å²) in [6, 6.07) is 5.95. The second kappa shape index (κ2) is 4.63. The van der Waals surface area contributed by atoms with Gasteiger partial charge in [0.25, 0.3) is 0 Å². The predicted octanol–water partition coefficient (Wildman–Crippen LogP) is 3.74. The van der Waals surface area contributed by atoms with E-state index in [2.05, 4.69) is 41.5 Å². The summed E-state index contributed by atoms with van der Waals surface area (Å²) in [6.45, 7) is 12.5. The smallest absolute Gasteiger partial charge is 0.409 e. The van der Waals surface area contributed by atoms with E-state index < -0.39 is 6.09 Å². The van der Waals surface area contributed by atoms with E-state index in [1.54, 1.807) is 0 Å². The molecule has 1 aromatic carbocycles. The maximum absolute atomic E-state index is 11.1. The zero-order valence-corrected chi connectivity index (χ0v) is 12.1. The first-order valence-electron chi connectivity index (χ1n) is 6.15. The minimum absolute atomic E-state index is 0.105. The summed E-state index contributed by atoms with van der Waals surface area (Å²) in [6.07, 6.45) is -0.766. The molecule has 0 spiro atoms. The monoisotopic (exact) mass is 249 g/mol. The average Bonchev–Trinajstić information content (AvgIpc) is 2.13. The molecule has 0 saturated heterocycles. The molecule has 1 rings (SSSR count). The zero-order chi connectivity index (χ0) is 14.1. The topological polar surface area (TPSA) is 52.3 Å². The molecule has 0 saturated carbocycles. The van der Waals surface area contributed by atoms with E-state index in [-0.39, 0.29) is 10.8 Å². The predicted molar refractivity (Wildman–Crippen MR) is 74.1 cm³/mol. The van der Waals surface area contributed by atoms with Gasteiger partial charge >= 0.3 is 6.09 Å². The fraction of sp³-hybridized carbons (Fsp3) is 0.533. The number of para-hydroxylation sites is 1. The second-order valence-corrected chi connectivity index (χ2v) is 6.60. The lowest BCUT2D eigenvalue weighted by Gasteiger charge is -2.28. The van der Waals surface area contributed by atoms with Gasteiger partial charge in [0.05, 0.1) is 0 Å². The van der Waals surface area contributed by atoms with Crippen molar-refractivity contribution in [3.8, 4) is 5.75 Å². The molecule has 100 valence electrons. The average molecular weight is 249 g/mol. The summed E-state index contributed by atoms with van der Waals surface area (Å²) in [5.74, 6) is 0.602. The van der Waals surface area contributed by atoms with Crippen molar-refractivity contribution in [2.75, 3.05) is 0 Å². The molecule has 3 nitrogen and oxygen atoms in total. The molecule has 0 fully saturated rings. The minimum Gasteiger partial charge on any atom is -0.410 e. The molecule has 0 aromatic heterocycles. The Morgan fingerprint density at radius 2 is 1.39 bits per heavy atom. The Hall–Kier alpha value is -1.51. The molecular weight excluding hydrogens is 226 g/mol. The number of rotatable bonds is 1. The lowest BCUT2D eigenvalue weighted by atomic mass is 9.79. The van der Waals surface area contributed by atoms with E-state index in [1.165, 1.54) is 0 Å². The highest BCUT2D eigenvalue weighted by atomic mass is 16.5. The van der Waals surface area contributed by atoms with E-state index in [1.807, 2.05) is 18.2 Å². The van der Waals surface area contributed by atoms with Crippen LogP contribution in [0.15, 0.2) is 18.2 Å². The van der Waals surface area contributed by atoms with Crippen LogP contribution in [0.4, 0.5) is 4.79 Å². The fourth-order valence-corrected chi connectivity index (χ4v) is 1.93. The summed E-state index contributed by atoms with van der Waals surface area (Å²) in [7, 11) is 0. The third kappa shape index (κ3) is 3.25. The maximum Gasteiger partial charge on any atom is 0.409 e. The van der Waals surface area contributed by atoms with Crippen LogP contribution in [0.2, 0.25) is 0 Å². The van der Waals surface area contributed by atoms with Crippen molar-refractivity contribution in [1.29, 1.82) is 0 Å². The van der Waals surface area contributed by atoms with Crippen LogP contribution in [0, 0.1) is 0 Å². The summed E-state index contributed by atoms with van der Waals surface area (Å²) in [5.41, 5.74) is 6.97. The standard InChI is InChI=1S/C15H23NO2/c1-14(2,3)10-8-7-9-11(15(4,5)6)12(10)18-13(16)17/h7-9H,1-6H3,(H2,16,17). The van der Waals surface area contributed by atoms with Gasteiger partial charge in [0.1, 0.15) is 5.75 Å². The fourth-order valence-electron chi connectivity index (χ4n) is 1.93. The van der Waals surface area contributed by atoms with Crippen LogP contribution < -0.4 is 10.5 Å². The Kier molecular flexibility index (Phi) is 3.75. The summed E-state index contributed by atoms with van der Waals surface area (Å²) in [5, 5.41) is 0. The van der Waals surface area contributed by atoms with Gasteiger partial charge in [0, 0.05) is 11.1 Å². The number of carbonyl (C=O) groups is 1. The number of benzene rings is 1. The van der Waals surface area contributed by atoms with Gasteiger partial charge in [0.2, 0.25) is 0 Å². The molecule has 0 heterocycles. The zero-order valence-electron chi connectivity index (χ0n) is 12.1. The lowest BCUT2D eigenvalue weighted by molar-refractivity contribution is 0.209. The first-order chi connectivity index (χ1) is 8.03. The van der Waals surface area contributed by atoms with E-state index in [0.717, 1.165) is 11.1 Å². The van der Waals surface area contributed by atoms with Crippen molar-refractivity contribution in [2.45, 2.75) is 52.4 Å². The van der Waals surface area contributed by atoms with Gasteiger partial charge in [-0.2, -0.15) is 0 Å². The van der Waals surface area contributed by atoms with Crippen LogP contribution in [0.3, 0.4) is 0 Å². The molecule has 0 unspecified atom stereocenters. The molecule has 0 radical (unpaired) electrons. The second-order valence-electron chi connectivity index (χ2n) is 6.60. The van der Waals surface area contributed by atoms with Gasteiger partial charge < -0.3 is 10.5 Å². The molecule has 1 aromatic rings. The van der Waals surface area contributed by atoms with Crippen LogP contribution in [0.5, 0.6) is 5.75 Å². The first-order valence-corrected chi connectivity index (χ1v) is 6.15. The van der Waals surface area contributed by atoms with E-state index >= 15 is 0 Å². The Morgan fingerprint density at radius 1 is 1.00 bits per heavy atom. The van der Waals surface area contributed by atoms with Gasteiger partial charge in [-0.25, -0.2) is 4.79 Å². The maximum atomic E-state index is 11.1. The highest BCUT2D eigenvalue weighted by molar-refractivity contribution is 5.70. The number of hydrogen-bond donors (Lipinski definition) is 1. The summed E-state index contributed by atoms with van der Waals surface area (Å²) < 4.78 is 5.27. The van der Waals surface area contributed by atoms with Crippen molar-refractivity contribution in [3.63, 3.8) is 0 Å². The summed E-state index contributed by atoms with van der Waals surface area (Å²) in [4.78, 5) is 11.1. The van der Waals surface area contributed by atoms with Crippen molar-refractivity contribution >= 4 is 6.09 Å². The Bertz CT molecular complexity index is 418. The normalized spacial score (nSPS) is 12.3. The molecule has 2 N–H and O–H groups in total. The SMILES string of the molecule is CC(C)(C)c1cccc(C(C)(C)C)c1OC(N)=O. The Morgan fingerprint density at radius 3 is 1.67 bits per heavy atom. The third-order valence-corrected chi connectivity index (χ3v) is 2.83. The van der Waals surface area contributed by atoms with Crippen LogP contribution in [-0.2, 0) is 10.8 Å². The highest BCUT2D eigenvalue weighted by Gasteiger charge is 2.27. The van der Waals surface area contributed by atoms with Crippen LogP contribution in [-0.4, -0.2) is 6.09 Å². The molecule has 0 aliphatic carbocycles. The third-order valence-electron chi connectivity index (χ3n) is 2.83. The van der Waals surface area contributed by atoms with Crippen molar-refractivity contribution < 1.29 is 9.53 Å². The van der Waals surface area contributed by atoms with Gasteiger partial charge in [0.15, 0.2) is 0 Å². The van der Waals surface area contributed by atoms with Gasteiger partial charge in [-0.15, -0.1) is 0 Å². The number of carbonyl (C=O) groups excluding carboxylic acids is 1. The van der Waals surface area contributed by atoms with Crippen LogP contribution >= 0.6 is 0 Å². The molecule has 18 heavy (non-hydrogen) atoms. The molecule has 3 heteroatoms. The van der Waals surface area contributed by atoms with Gasteiger partial charge in [-0.1, -0.05) is 59.7 Å². The number of nitrogens with two attached hydrogens (primary N) is 1. The van der Waals surface area contributed by atoms with Crippen molar-refractivity contribution in [3.05, 3.63) is 29.3 Å². The quantitative estimate of drug-likeness (QED) is 0.824. The number of ether oxygens (including phenoxy) is 1. The van der Waals surface area contributed by atoms with Gasteiger partial charge in [-0.05, 0) is 10.8 Å². The molecule has 1 amide bonds. The van der Waals surface area contributed by atoms with E-state index in [4.69, 9.17) is 10.5 Å². The molecule has 0 aliphatic heterocycles. The lowest BCUT2D eigenvalue weighted by Crippen LogP contribution is -2.24. The van der Waals surface area contributed by atoms with Crippen molar-refractivity contribution in [1.82, 2.24) is 0 Å². The summed E-state index contributed by atoms with van der Waals surface area (Å²) >= 11 is 0. The van der Waals surface area contributed by atoms with Gasteiger partial charge in [-0.3, -0.25) is 0 Å². The largest absolute Gasteiger partial charge is 0.410 e. The molecular formula is C15H23NO2. The number of primary amides is 1.